The predicted molar refractivity (Wildman–Crippen MR) is 77.0 cm³/mol. The van der Waals surface area contributed by atoms with E-state index >= 15 is 0 Å². The molecule has 110 valence electrons. The van der Waals surface area contributed by atoms with E-state index in [9.17, 15) is 13.2 Å². The van der Waals surface area contributed by atoms with Crippen molar-refractivity contribution >= 4 is 46.5 Å². The summed E-state index contributed by atoms with van der Waals surface area (Å²) in [5, 5.41) is 0.789. The second kappa shape index (κ2) is 5.95. The molecule has 2 nitrogen and oxygen atoms in total. The molecule has 0 unspecified atom stereocenters. The van der Waals surface area contributed by atoms with Crippen molar-refractivity contribution in [2.75, 3.05) is 0 Å². The summed E-state index contributed by atoms with van der Waals surface area (Å²) in [6, 6.07) is 3.32. The number of benzene rings is 1. The minimum atomic E-state index is -4.11. The average Bonchev–Trinajstić information content (AvgIpc) is 2.60. The number of hydrogen-bond donors (Lipinski definition) is 1. The van der Waals surface area contributed by atoms with Gasteiger partial charge in [-0.1, -0.05) is 23.2 Å². The van der Waals surface area contributed by atoms with Crippen LogP contribution in [0.5, 0.6) is 0 Å². The minimum Gasteiger partial charge on any atom is -0.331 e. The number of nitrogens with zero attached hydrogens (tertiary/aromatic N) is 1. The molecule has 0 saturated heterocycles. The summed E-state index contributed by atoms with van der Waals surface area (Å²) in [7, 11) is 0. The van der Waals surface area contributed by atoms with Gasteiger partial charge in [0, 0.05) is 13.0 Å². The SMILES string of the molecule is FC(F)(F)CCCCn1c(=S)[nH]c2cc(Cl)c(Cl)cc21. The second-order valence-corrected chi connectivity index (χ2v) is 5.64. The first kappa shape index (κ1) is 15.7. The number of imidazole rings is 1. The van der Waals surface area contributed by atoms with Gasteiger partial charge in [-0.25, -0.2) is 0 Å². The van der Waals surface area contributed by atoms with E-state index in [0.717, 1.165) is 11.0 Å². The molecule has 1 aromatic carbocycles. The Balaban J connectivity index is 2.16. The molecule has 0 atom stereocenters. The highest BCUT2D eigenvalue weighted by molar-refractivity contribution is 7.71. The first-order valence-corrected chi connectivity index (χ1v) is 7.08. The van der Waals surface area contributed by atoms with Gasteiger partial charge in [-0.15, -0.1) is 0 Å². The first-order chi connectivity index (χ1) is 9.28. The van der Waals surface area contributed by atoms with Crippen LogP contribution in [0.25, 0.3) is 11.0 Å². The molecule has 0 bridgehead atoms. The van der Waals surface area contributed by atoms with Crippen molar-refractivity contribution < 1.29 is 13.2 Å². The highest BCUT2D eigenvalue weighted by Gasteiger charge is 2.25. The summed E-state index contributed by atoms with van der Waals surface area (Å²) >= 11 is 17.0. The molecule has 0 aliphatic heterocycles. The van der Waals surface area contributed by atoms with Crippen molar-refractivity contribution in [3.63, 3.8) is 0 Å². The number of nitrogens with one attached hydrogen (secondary N) is 1. The number of hydrogen-bond acceptors (Lipinski definition) is 1. The number of aromatic amines is 1. The number of H-pyrrole nitrogens is 1. The minimum absolute atomic E-state index is 0.0687. The summed E-state index contributed by atoms with van der Waals surface area (Å²) in [4.78, 5) is 2.96. The van der Waals surface area contributed by atoms with E-state index in [2.05, 4.69) is 4.98 Å². The fourth-order valence-corrected chi connectivity index (χ4v) is 2.59. The van der Waals surface area contributed by atoms with Crippen molar-refractivity contribution in [3.05, 3.63) is 26.9 Å². The zero-order valence-corrected chi connectivity index (χ0v) is 12.6. The molecule has 0 saturated carbocycles. The van der Waals surface area contributed by atoms with Crippen LogP contribution >= 0.6 is 35.4 Å². The lowest BCUT2D eigenvalue weighted by Crippen LogP contribution is -2.07. The molecule has 1 N–H and O–H groups in total. The third-order valence-corrected chi connectivity index (χ3v) is 3.95. The van der Waals surface area contributed by atoms with Gasteiger partial charge in [-0.05, 0) is 37.2 Å². The van der Waals surface area contributed by atoms with E-state index in [1.165, 1.54) is 0 Å². The van der Waals surface area contributed by atoms with Crippen LogP contribution in [0.1, 0.15) is 19.3 Å². The summed E-state index contributed by atoms with van der Waals surface area (Å²) in [5.74, 6) is 0. The Morgan fingerprint density at radius 1 is 1.15 bits per heavy atom. The monoisotopic (exact) mass is 342 g/mol. The van der Waals surface area contributed by atoms with E-state index in [1.807, 2.05) is 0 Å². The Morgan fingerprint density at radius 2 is 1.80 bits per heavy atom. The summed E-state index contributed by atoms with van der Waals surface area (Å²) in [6.07, 6.45) is -4.44. The highest BCUT2D eigenvalue weighted by atomic mass is 35.5. The zero-order valence-electron chi connectivity index (χ0n) is 10.2. The van der Waals surface area contributed by atoms with Crippen LogP contribution < -0.4 is 0 Å². The van der Waals surface area contributed by atoms with Crippen LogP contribution in [0.15, 0.2) is 12.1 Å². The quantitative estimate of drug-likeness (QED) is 0.555. The Bertz CT molecular complexity index is 676. The topological polar surface area (TPSA) is 20.7 Å². The van der Waals surface area contributed by atoms with E-state index in [4.69, 9.17) is 35.4 Å². The number of fused-ring (bicyclic) bond motifs is 1. The molecule has 1 aromatic heterocycles. The van der Waals surface area contributed by atoms with Crippen molar-refractivity contribution in [2.24, 2.45) is 0 Å². The Morgan fingerprint density at radius 3 is 2.45 bits per heavy atom. The van der Waals surface area contributed by atoms with Crippen LogP contribution in [-0.4, -0.2) is 15.7 Å². The highest BCUT2D eigenvalue weighted by Crippen LogP contribution is 2.28. The zero-order chi connectivity index (χ0) is 14.9. The molecule has 0 aliphatic carbocycles. The first-order valence-electron chi connectivity index (χ1n) is 5.92. The summed E-state index contributed by atoms with van der Waals surface area (Å²) < 4.78 is 38.4. The molecular weight excluding hydrogens is 332 g/mol. The molecule has 0 amide bonds. The molecule has 0 fully saturated rings. The number of unbranched alkanes of at least 4 members (excludes halogenated alkanes) is 1. The normalized spacial score (nSPS) is 12.2. The van der Waals surface area contributed by atoms with Gasteiger partial charge in [0.05, 0.1) is 21.1 Å². The van der Waals surface area contributed by atoms with Crippen molar-refractivity contribution in [1.29, 1.82) is 0 Å². The van der Waals surface area contributed by atoms with E-state index < -0.39 is 12.6 Å². The molecule has 2 aromatic rings. The molecule has 0 aliphatic rings. The lowest BCUT2D eigenvalue weighted by Gasteiger charge is -2.07. The molecule has 20 heavy (non-hydrogen) atoms. The van der Waals surface area contributed by atoms with Crippen LogP contribution in [0.2, 0.25) is 10.0 Å². The summed E-state index contributed by atoms with van der Waals surface area (Å²) in [5.41, 5.74) is 1.47. The van der Waals surface area contributed by atoms with Gasteiger partial charge >= 0.3 is 6.18 Å². The largest absolute Gasteiger partial charge is 0.389 e. The summed E-state index contributed by atoms with van der Waals surface area (Å²) in [6.45, 7) is 0.410. The third-order valence-electron chi connectivity index (χ3n) is 2.91. The second-order valence-electron chi connectivity index (χ2n) is 4.44. The molecule has 1 heterocycles. The average molecular weight is 343 g/mol. The standard InChI is InChI=1S/C12H11Cl2F3N2S/c13-7-5-9-10(6-8(7)14)19(11(20)18-9)4-2-1-3-12(15,16)17/h5-6H,1-4H2,(H,18,20). The lowest BCUT2D eigenvalue weighted by molar-refractivity contribution is -0.135. The molecule has 8 heteroatoms. The molecular formula is C12H11Cl2F3N2S. The van der Waals surface area contributed by atoms with E-state index in [-0.39, 0.29) is 6.42 Å². The molecule has 2 rings (SSSR count). The van der Waals surface area contributed by atoms with Crippen LogP contribution in [-0.2, 0) is 6.54 Å². The number of halogens is 5. The Labute approximate surface area is 128 Å². The fraction of sp³-hybridized carbons (Fsp3) is 0.417. The Kier molecular flexibility index (Phi) is 4.66. The number of aryl methyl sites for hydroxylation is 1. The van der Waals surface area contributed by atoms with Gasteiger partial charge < -0.3 is 9.55 Å². The van der Waals surface area contributed by atoms with E-state index in [1.54, 1.807) is 16.7 Å². The van der Waals surface area contributed by atoms with Crippen molar-refractivity contribution in [1.82, 2.24) is 9.55 Å². The van der Waals surface area contributed by atoms with Crippen LogP contribution in [0.3, 0.4) is 0 Å². The van der Waals surface area contributed by atoms with Gasteiger partial charge in [0.25, 0.3) is 0 Å². The maximum atomic E-state index is 12.1. The maximum absolute atomic E-state index is 12.1. The van der Waals surface area contributed by atoms with Gasteiger partial charge in [-0.3, -0.25) is 0 Å². The van der Waals surface area contributed by atoms with Crippen LogP contribution in [0, 0.1) is 4.77 Å². The molecule has 0 radical (unpaired) electrons. The predicted octanol–water partition coefficient (Wildman–Crippen LogP) is 5.74. The lowest BCUT2D eigenvalue weighted by atomic mass is 10.2. The number of rotatable bonds is 4. The van der Waals surface area contributed by atoms with Gasteiger partial charge in [0.2, 0.25) is 0 Å². The van der Waals surface area contributed by atoms with Crippen molar-refractivity contribution in [3.8, 4) is 0 Å². The third kappa shape index (κ3) is 3.68. The Hall–Kier alpha value is -0.720. The van der Waals surface area contributed by atoms with Gasteiger partial charge in [0.15, 0.2) is 4.77 Å². The van der Waals surface area contributed by atoms with Gasteiger partial charge in [0.1, 0.15) is 0 Å². The van der Waals surface area contributed by atoms with Gasteiger partial charge in [-0.2, -0.15) is 13.2 Å². The maximum Gasteiger partial charge on any atom is 0.389 e. The van der Waals surface area contributed by atoms with E-state index in [0.29, 0.717) is 27.8 Å². The van der Waals surface area contributed by atoms with Crippen LogP contribution in [0.4, 0.5) is 13.2 Å². The molecule has 0 spiro atoms. The number of alkyl halides is 3. The smallest absolute Gasteiger partial charge is 0.331 e. The fourth-order valence-electron chi connectivity index (χ4n) is 1.97. The van der Waals surface area contributed by atoms with Crippen molar-refractivity contribution in [2.45, 2.75) is 32.0 Å². The number of aromatic nitrogens is 2.